The van der Waals surface area contributed by atoms with E-state index >= 15 is 0 Å². The lowest BCUT2D eigenvalue weighted by atomic mass is 9.44. The Hall–Kier alpha value is -1.05. The van der Waals surface area contributed by atoms with Gasteiger partial charge >= 0.3 is 5.97 Å². The van der Waals surface area contributed by atoms with Gasteiger partial charge < -0.3 is 14.6 Å². The quantitative estimate of drug-likeness (QED) is 0.410. The van der Waals surface area contributed by atoms with Crippen LogP contribution in [0.15, 0.2) is 0 Å². The molecule has 0 aromatic heterocycles. The van der Waals surface area contributed by atoms with Gasteiger partial charge in [0, 0.05) is 20.5 Å². The minimum atomic E-state index is -0.870. The summed E-state index contributed by atoms with van der Waals surface area (Å²) in [5.41, 5.74) is -0.173. The zero-order valence-corrected chi connectivity index (χ0v) is 19.3. The van der Waals surface area contributed by atoms with Crippen LogP contribution in [0.25, 0.3) is 0 Å². The van der Waals surface area contributed by atoms with Crippen LogP contribution in [-0.2, 0) is 14.3 Å². The van der Waals surface area contributed by atoms with E-state index in [1.54, 1.807) is 0 Å². The van der Waals surface area contributed by atoms with Crippen molar-refractivity contribution in [3.8, 4) is 11.8 Å². The number of ether oxygens (including phenoxy) is 2. The number of hydrogen-bond donors (Lipinski definition) is 1. The van der Waals surface area contributed by atoms with Crippen molar-refractivity contribution in [2.45, 2.75) is 96.7 Å². The monoisotopic (exact) mass is 416 g/mol. The summed E-state index contributed by atoms with van der Waals surface area (Å²) in [6, 6.07) is 0. The highest BCUT2D eigenvalue weighted by Gasteiger charge is 2.61. The van der Waals surface area contributed by atoms with Crippen molar-refractivity contribution in [1.82, 2.24) is 0 Å². The molecule has 4 aliphatic rings. The third-order valence-electron chi connectivity index (χ3n) is 9.78. The van der Waals surface area contributed by atoms with E-state index in [0.29, 0.717) is 35.9 Å². The van der Waals surface area contributed by atoms with Crippen LogP contribution in [0.5, 0.6) is 0 Å². The van der Waals surface area contributed by atoms with Gasteiger partial charge in [0.05, 0.1) is 6.10 Å². The number of aliphatic hydroxyl groups is 1. The molecule has 1 N–H and O–H groups in total. The molecular weight excluding hydrogens is 376 g/mol. The normalized spacial score (nSPS) is 47.3. The number of esters is 1. The standard InChI is InChI=1S/C26H40O4/c1-18(27)30-16-6-5-12-26(28)15-14-24(2)19(17-26)7-8-20-21-9-10-23(29-4)25(21,3)13-11-22(20)24/h19-23,28H,6-11,13-17H2,1-4H3/t19-,20+,21+,22+,23?,24+,25+,26-/m1/s1. The molecule has 0 aromatic carbocycles. The minimum Gasteiger partial charge on any atom is -0.465 e. The van der Waals surface area contributed by atoms with Crippen molar-refractivity contribution in [2.75, 3.05) is 13.7 Å². The molecule has 0 bridgehead atoms. The van der Waals surface area contributed by atoms with Crippen LogP contribution >= 0.6 is 0 Å². The molecule has 4 aliphatic carbocycles. The van der Waals surface area contributed by atoms with Gasteiger partial charge in [0.2, 0.25) is 0 Å². The lowest BCUT2D eigenvalue weighted by Crippen LogP contribution is -2.56. The van der Waals surface area contributed by atoms with Gasteiger partial charge in [-0.3, -0.25) is 4.79 Å². The first-order valence-corrected chi connectivity index (χ1v) is 12.1. The summed E-state index contributed by atoms with van der Waals surface area (Å²) in [6.45, 7) is 6.74. The molecule has 1 unspecified atom stereocenters. The SMILES string of the molecule is COC1CC[C@H]2[C@@H]3CC[C@@H]4C[C@@](O)(C#CCCOC(C)=O)CC[C@]4(C)[C@H]3CC[C@]12C. The highest BCUT2D eigenvalue weighted by Crippen LogP contribution is 2.67. The van der Waals surface area contributed by atoms with Crippen LogP contribution in [0.4, 0.5) is 0 Å². The molecule has 8 atom stereocenters. The van der Waals surface area contributed by atoms with E-state index in [-0.39, 0.29) is 5.97 Å². The molecule has 0 heterocycles. The summed E-state index contributed by atoms with van der Waals surface area (Å²) in [5, 5.41) is 11.2. The fraction of sp³-hybridized carbons (Fsp3) is 0.885. The van der Waals surface area contributed by atoms with Crippen LogP contribution < -0.4 is 0 Å². The van der Waals surface area contributed by atoms with E-state index in [0.717, 1.165) is 37.0 Å². The Morgan fingerprint density at radius 1 is 1.03 bits per heavy atom. The van der Waals surface area contributed by atoms with Crippen LogP contribution in [-0.4, -0.2) is 36.5 Å². The molecule has 4 fully saturated rings. The average molecular weight is 417 g/mol. The second kappa shape index (κ2) is 8.14. The first kappa shape index (κ1) is 22.2. The second-order valence-electron chi connectivity index (χ2n) is 11.1. The summed E-state index contributed by atoms with van der Waals surface area (Å²) in [4.78, 5) is 10.9. The molecule has 4 rings (SSSR count). The second-order valence-corrected chi connectivity index (χ2v) is 11.1. The van der Waals surface area contributed by atoms with Gasteiger partial charge in [-0.15, -0.1) is 0 Å². The predicted molar refractivity (Wildman–Crippen MR) is 116 cm³/mol. The molecule has 0 saturated heterocycles. The molecular formula is C26H40O4. The van der Waals surface area contributed by atoms with Crippen molar-refractivity contribution < 1.29 is 19.4 Å². The maximum absolute atomic E-state index is 11.2. The zero-order chi connectivity index (χ0) is 21.6. The third kappa shape index (κ3) is 3.71. The Morgan fingerprint density at radius 2 is 1.80 bits per heavy atom. The first-order chi connectivity index (χ1) is 14.2. The van der Waals surface area contributed by atoms with Crippen LogP contribution in [0.2, 0.25) is 0 Å². The van der Waals surface area contributed by atoms with E-state index < -0.39 is 5.60 Å². The Balaban J connectivity index is 1.44. The number of methoxy groups -OCH3 is 1. The maximum atomic E-state index is 11.2. The van der Waals surface area contributed by atoms with Gasteiger partial charge in [0.25, 0.3) is 0 Å². The molecule has 0 aliphatic heterocycles. The van der Waals surface area contributed by atoms with Gasteiger partial charge in [-0.1, -0.05) is 25.7 Å². The highest BCUT2D eigenvalue weighted by atomic mass is 16.5. The topological polar surface area (TPSA) is 55.8 Å². The number of carbonyl (C=O) groups excluding carboxylic acids is 1. The van der Waals surface area contributed by atoms with Crippen LogP contribution in [0.1, 0.15) is 85.0 Å². The van der Waals surface area contributed by atoms with E-state index in [1.807, 2.05) is 7.11 Å². The third-order valence-corrected chi connectivity index (χ3v) is 9.78. The largest absolute Gasteiger partial charge is 0.465 e. The molecule has 168 valence electrons. The van der Waals surface area contributed by atoms with Crippen molar-refractivity contribution >= 4 is 5.97 Å². The van der Waals surface area contributed by atoms with E-state index in [9.17, 15) is 9.90 Å². The fourth-order valence-electron chi connectivity index (χ4n) is 8.17. The molecule has 0 radical (unpaired) electrons. The molecule has 4 heteroatoms. The van der Waals surface area contributed by atoms with Crippen LogP contribution in [0.3, 0.4) is 0 Å². The van der Waals surface area contributed by atoms with Gasteiger partial charge in [0.1, 0.15) is 12.2 Å². The van der Waals surface area contributed by atoms with Crippen LogP contribution in [0, 0.1) is 46.3 Å². The smallest absolute Gasteiger partial charge is 0.302 e. The van der Waals surface area contributed by atoms with Crippen molar-refractivity contribution in [3.63, 3.8) is 0 Å². The van der Waals surface area contributed by atoms with Crippen molar-refractivity contribution in [1.29, 1.82) is 0 Å². The predicted octanol–water partition coefficient (Wildman–Crippen LogP) is 4.73. The summed E-state index contributed by atoms with van der Waals surface area (Å²) in [7, 11) is 1.90. The first-order valence-electron chi connectivity index (χ1n) is 12.1. The fourth-order valence-corrected chi connectivity index (χ4v) is 8.17. The Morgan fingerprint density at radius 3 is 2.53 bits per heavy atom. The lowest BCUT2D eigenvalue weighted by molar-refractivity contribution is -0.146. The Kier molecular flexibility index (Phi) is 6.01. The minimum absolute atomic E-state index is 0.275. The summed E-state index contributed by atoms with van der Waals surface area (Å²) < 4.78 is 10.9. The number of carbonyl (C=O) groups is 1. The van der Waals surface area contributed by atoms with Gasteiger partial charge in [-0.25, -0.2) is 0 Å². The van der Waals surface area contributed by atoms with E-state index in [1.165, 1.54) is 45.4 Å². The summed E-state index contributed by atoms with van der Waals surface area (Å²) >= 11 is 0. The molecule has 0 spiro atoms. The van der Waals surface area contributed by atoms with Crippen molar-refractivity contribution in [2.24, 2.45) is 34.5 Å². The van der Waals surface area contributed by atoms with E-state index in [2.05, 4.69) is 25.7 Å². The van der Waals surface area contributed by atoms with Gasteiger partial charge in [-0.2, -0.15) is 0 Å². The highest BCUT2D eigenvalue weighted by molar-refractivity contribution is 5.65. The lowest BCUT2D eigenvalue weighted by Gasteiger charge is -2.61. The Labute approximate surface area is 182 Å². The average Bonchev–Trinajstić information content (AvgIpc) is 3.04. The zero-order valence-electron chi connectivity index (χ0n) is 19.3. The van der Waals surface area contributed by atoms with Gasteiger partial charge in [0.15, 0.2) is 0 Å². The molecule has 0 aromatic rings. The van der Waals surface area contributed by atoms with E-state index in [4.69, 9.17) is 9.47 Å². The number of hydrogen-bond acceptors (Lipinski definition) is 4. The molecule has 4 saturated carbocycles. The Bertz CT molecular complexity index is 722. The van der Waals surface area contributed by atoms with Gasteiger partial charge in [-0.05, 0) is 92.3 Å². The molecule has 4 nitrogen and oxygen atoms in total. The molecule has 30 heavy (non-hydrogen) atoms. The van der Waals surface area contributed by atoms with Crippen molar-refractivity contribution in [3.05, 3.63) is 0 Å². The molecule has 0 amide bonds. The maximum Gasteiger partial charge on any atom is 0.302 e. The summed E-state index contributed by atoms with van der Waals surface area (Å²) in [5.74, 6) is 8.92. The number of fused-ring (bicyclic) bond motifs is 5. The summed E-state index contributed by atoms with van der Waals surface area (Å²) in [6.07, 6.45) is 11.3. The number of rotatable bonds is 3.